The smallest absolute Gasteiger partial charge is 0.176 e. The first-order valence-electron chi connectivity index (χ1n) is 5.04. The maximum absolute atomic E-state index is 13.6. The molecule has 1 atom stereocenters. The zero-order valence-corrected chi connectivity index (χ0v) is 8.83. The number of carbonyl (C=O) groups excluding carboxylic acids is 2. The minimum Gasteiger partial charge on any atom is -0.496 e. The molecule has 0 amide bonds. The third kappa shape index (κ3) is 1.50. The van der Waals surface area contributed by atoms with Crippen molar-refractivity contribution in [3.05, 3.63) is 29.1 Å². The van der Waals surface area contributed by atoms with Crippen molar-refractivity contribution in [1.29, 1.82) is 0 Å². The lowest BCUT2D eigenvalue weighted by atomic mass is 9.83. The number of aldehydes is 1. The number of rotatable bonds is 2. The topological polar surface area (TPSA) is 43.4 Å². The Labute approximate surface area is 92.2 Å². The molecule has 0 saturated heterocycles. The summed E-state index contributed by atoms with van der Waals surface area (Å²) >= 11 is 0. The van der Waals surface area contributed by atoms with Gasteiger partial charge in [-0.1, -0.05) is 0 Å². The van der Waals surface area contributed by atoms with Crippen LogP contribution in [-0.4, -0.2) is 19.2 Å². The van der Waals surface area contributed by atoms with E-state index in [0.29, 0.717) is 30.4 Å². The highest BCUT2D eigenvalue weighted by atomic mass is 19.1. The summed E-state index contributed by atoms with van der Waals surface area (Å²) < 4.78 is 18.6. The fraction of sp³-hybridized carbons (Fsp3) is 0.333. The summed E-state index contributed by atoms with van der Waals surface area (Å²) in [7, 11) is 1.48. The summed E-state index contributed by atoms with van der Waals surface area (Å²) in [5.41, 5.74) is 0.591. The van der Waals surface area contributed by atoms with Crippen LogP contribution in [-0.2, 0) is 11.2 Å². The van der Waals surface area contributed by atoms with Gasteiger partial charge in [0.2, 0.25) is 0 Å². The fourth-order valence-electron chi connectivity index (χ4n) is 2.05. The largest absolute Gasteiger partial charge is 0.496 e. The molecule has 0 aliphatic heterocycles. The standard InChI is InChI=1S/C12H11FO3/c1-16-10-5-4-9(13)11-8(10)3-2-7(6-14)12(11)15/h4-7H,2-3H2,1H3. The number of carbonyl (C=O) groups is 2. The molecule has 1 aliphatic rings. The van der Waals surface area contributed by atoms with E-state index in [1.165, 1.54) is 19.2 Å². The number of halogens is 1. The molecule has 0 spiro atoms. The zero-order valence-electron chi connectivity index (χ0n) is 8.83. The van der Waals surface area contributed by atoms with Crippen molar-refractivity contribution in [2.75, 3.05) is 7.11 Å². The van der Waals surface area contributed by atoms with Crippen molar-refractivity contribution in [1.82, 2.24) is 0 Å². The fourth-order valence-corrected chi connectivity index (χ4v) is 2.05. The van der Waals surface area contributed by atoms with Crippen LogP contribution in [0.3, 0.4) is 0 Å². The number of hydrogen-bond acceptors (Lipinski definition) is 3. The minimum absolute atomic E-state index is 0.0164. The first-order chi connectivity index (χ1) is 7.69. The maximum atomic E-state index is 13.6. The summed E-state index contributed by atoms with van der Waals surface area (Å²) in [6, 6.07) is 2.70. The third-order valence-corrected chi connectivity index (χ3v) is 2.89. The number of hydrogen-bond donors (Lipinski definition) is 0. The second-order valence-corrected chi connectivity index (χ2v) is 3.75. The molecule has 0 saturated carbocycles. The quantitative estimate of drug-likeness (QED) is 0.566. The van der Waals surface area contributed by atoms with Gasteiger partial charge in [0.1, 0.15) is 17.9 Å². The highest BCUT2D eigenvalue weighted by molar-refractivity contribution is 6.07. The molecular formula is C12H11FO3. The van der Waals surface area contributed by atoms with Crippen LogP contribution >= 0.6 is 0 Å². The SMILES string of the molecule is COc1ccc(F)c2c1CCC(C=O)C2=O. The predicted octanol–water partition coefficient (Wildman–Crippen LogP) is 1.78. The zero-order chi connectivity index (χ0) is 11.7. The van der Waals surface area contributed by atoms with Crippen molar-refractivity contribution >= 4 is 12.1 Å². The van der Waals surface area contributed by atoms with Gasteiger partial charge >= 0.3 is 0 Å². The van der Waals surface area contributed by atoms with Gasteiger partial charge in [0.05, 0.1) is 18.6 Å². The minimum atomic E-state index is -0.714. The van der Waals surface area contributed by atoms with Crippen LogP contribution in [0.1, 0.15) is 22.3 Å². The number of methoxy groups -OCH3 is 1. The number of fused-ring (bicyclic) bond motifs is 1. The molecule has 0 heterocycles. The van der Waals surface area contributed by atoms with Crippen LogP contribution in [0.5, 0.6) is 5.75 Å². The summed E-state index contributed by atoms with van der Waals surface area (Å²) in [4.78, 5) is 22.5. The molecule has 0 aromatic heterocycles. The molecule has 2 rings (SSSR count). The van der Waals surface area contributed by atoms with E-state index in [1.54, 1.807) is 0 Å². The predicted molar refractivity (Wildman–Crippen MR) is 55.2 cm³/mol. The third-order valence-electron chi connectivity index (χ3n) is 2.89. The van der Waals surface area contributed by atoms with E-state index in [4.69, 9.17) is 4.74 Å². The number of benzene rings is 1. The molecule has 0 radical (unpaired) electrons. The van der Waals surface area contributed by atoms with E-state index in [1.807, 2.05) is 0 Å². The Morgan fingerprint density at radius 3 is 2.88 bits per heavy atom. The molecule has 1 aromatic rings. The summed E-state index contributed by atoms with van der Waals surface area (Å²) in [5.74, 6) is -1.22. The van der Waals surface area contributed by atoms with Crippen molar-refractivity contribution in [2.45, 2.75) is 12.8 Å². The normalized spacial score (nSPS) is 19.1. The summed E-state index contributed by atoms with van der Waals surface area (Å²) in [6.45, 7) is 0. The number of Topliss-reactive ketones (excluding diaryl/α,β-unsaturated/α-hetero) is 1. The van der Waals surface area contributed by atoms with Crippen molar-refractivity contribution in [3.8, 4) is 5.75 Å². The van der Waals surface area contributed by atoms with Gasteiger partial charge in [-0.25, -0.2) is 4.39 Å². The first-order valence-corrected chi connectivity index (χ1v) is 5.04. The summed E-state index contributed by atoms with van der Waals surface area (Å²) in [5, 5.41) is 0. The van der Waals surface area contributed by atoms with E-state index >= 15 is 0 Å². The van der Waals surface area contributed by atoms with Gasteiger partial charge < -0.3 is 9.53 Å². The maximum Gasteiger partial charge on any atom is 0.176 e. The Morgan fingerprint density at radius 1 is 1.50 bits per heavy atom. The molecule has 0 fully saturated rings. The lowest BCUT2D eigenvalue weighted by molar-refractivity contribution is -0.110. The van der Waals surface area contributed by atoms with E-state index < -0.39 is 17.5 Å². The summed E-state index contributed by atoms with van der Waals surface area (Å²) in [6.07, 6.45) is 1.50. The van der Waals surface area contributed by atoms with Gasteiger partial charge in [0.25, 0.3) is 0 Å². The molecule has 0 bridgehead atoms. The highest BCUT2D eigenvalue weighted by Gasteiger charge is 2.31. The highest BCUT2D eigenvalue weighted by Crippen LogP contribution is 2.33. The molecule has 16 heavy (non-hydrogen) atoms. The Morgan fingerprint density at radius 2 is 2.25 bits per heavy atom. The van der Waals surface area contributed by atoms with E-state index in [0.717, 1.165) is 0 Å². The molecule has 0 N–H and O–H groups in total. The molecule has 84 valence electrons. The van der Waals surface area contributed by atoms with Gasteiger partial charge in [-0.05, 0) is 25.0 Å². The lowest BCUT2D eigenvalue weighted by Gasteiger charge is -2.21. The Balaban J connectivity index is 2.58. The second kappa shape index (κ2) is 4.04. The lowest BCUT2D eigenvalue weighted by Crippen LogP contribution is -2.25. The number of ether oxygens (including phenoxy) is 1. The number of ketones is 1. The Bertz CT molecular complexity index is 454. The van der Waals surface area contributed by atoms with Crippen molar-refractivity contribution in [3.63, 3.8) is 0 Å². The molecular weight excluding hydrogens is 211 g/mol. The molecule has 1 aliphatic carbocycles. The molecule has 1 aromatic carbocycles. The monoisotopic (exact) mass is 222 g/mol. The van der Waals surface area contributed by atoms with E-state index in [9.17, 15) is 14.0 Å². The van der Waals surface area contributed by atoms with E-state index in [2.05, 4.69) is 0 Å². The second-order valence-electron chi connectivity index (χ2n) is 3.75. The molecule has 1 unspecified atom stereocenters. The van der Waals surface area contributed by atoms with Crippen LogP contribution in [0.4, 0.5) is 4.39 Å². The van der Waals surface area contributed by atoms with Crippen LogP contribution < -0.4 is 4.74 Å². The Kier molecular flexibility index (Phi) is 2.73. The van der Waals surface area contributed by atoms with Gasteiger partial charge in [-0.15, -0.1) is 0 Å². The van der Waals surface area contributed by atoms with Crippen molar-refractivity contribution < 1.29 is 18.7 Å². The van der Waals surface area contributed by atoms with Crippen LogP contribution in [0.2, 0.25) is 0 Å². The molecule has 4 heteroatoms. The van der Waals surface area contributed by atoms with Gasteiger partial charge in [-0.2, -0.15) is 0 Å². The van der Waals surface area contributed by atoms with Crippen LogP contribution in [0, 0.1) is 11.7 Å². The van der Waals surface area contributed by atoms with Gasteiger partial charge in [-0.3, -0.25) is 4.79 Å². The van der Waals surface area contributed by atoms with Gasteiger partial charge in [0, 0.05) is 5.56 Å². The Hall–Kier alpha value is -1.71. The first kappa shape index (κ1) is 10.8. The molecule has 3 nitrogen and oxygen atoms in total. The van der Waals surface area contributed by atoms with E-state index in [-0.39, 0.29) is 5.56 Å². The van der Waals surface area contributed by atoms with Gasteiger partial charge in [0.15, 0.2) is 5.78 Å². The average Bonchev–Trinajstić information content (AvgIpc) is 2.30. The van der Waals surface area contributed by atoms with Crippen LogP contribution in [0.25, 0.3) is 0 Å². The van der Waals surface area contributed by atoms with Crippen LogP contribution in [0.15, 0.2) is 12.1 Å². The average molecular weight is 222 g/mol. The van der Waals surface area contributed by atoms with Crippen molar-refractivity contribution in [2.24, 2.45) is 5.92 Å².